The third-order valence-corrected chi connectivity index (χ3v) is 2.58. The standard InChI is InChI=1S/3C6H5.C3H6O2S.Pb/c3*1-2-4-6-5-3-1;1-2-3-6(4)5;/h3*1-5H;2H,1,3H2,(H,4,5);/p-1. The molecule has 0 fully saturated rings. The van der Waals surface area contributed by atoms with Crippen LogP contribution in [0.15, 0.2) is 104 Å². The number of hydrogen-bond donors (Lipinski definition) is 0. The summed E-state index contributed by atoms with van der Waals surface area (Å²) < 4.78 is 19.1. The summed E-state index contributed by atoms with van der Waals surface area (Å²) >= 11 is -1.93. The van der Waals surface area contributed by atoms with Gasteiger partial charge in [0.1, 0.15) is 0 Å². The summed E-state index contributed by atoms with van der Waals surface area (Å²) in [7, 11) is 0. The van der Waals surface area contributed by atoms with E-state index in [0.29, 0.717) is 0 Å². The Bertz CT molecular complexity index is 450. The van der Waals surface area contributed by atoms with Gasteiger partial charge in [-0.15, -0.1) is 6.58 Å². The second-order valence-electron chi connectivity index (χ2n) is 3.99. The molecular formula is C21H20O2PbS-. The zero-order valence-corrected chi connectivity index (χ0v) is 18.6. The van der Waals surface area contributed by atoms with E-state index in [4.69, 9.17) is 0 Å². The summed E-state index contributed by atoms with van der Waals surface area (Å²) in [4.78, 5) is 0. The minimum Gasteiger partial charge on any atom is -0.772 e. The van der Waals surface area contributed by atoms with Crippen LogP contribution >= 0.6 is 0 Å². The summed E-state index contributed by atoms with van der Waals surface area (Å²) in [5, 5.41) is 0. The summed E-state index contributed by atoms with van der Waals surface area (Å²) in [5.74, 6) is 0.0556. The average molecular weight is 544 g/mol. The molecule has 25 heavy (non-hydrogen) atoms. The molecule has 0 amide bonds. The van der Waals surface area contributed by atoms with Gasteiger partial charge >= 0.3 is 0 Å². The van der Waals surface area contributed by atoms with Crippen LogP contribution in [0.5, 0.6) is 0 Å². The summed E-state index contributed by atoms with van der Waals surface area (Å²) in [5.41, 5.74) is 0. The number of benzene rings is 3. The third-order valence-electron chi connectivity index (χ3n) is 2.08. The van der Waals surface area contributed by atoms with E-state index in [-0.39, 0.29) is 33.1 Å². The fourth-order valence-electron chi connectivity index (χ4n) is 1.12. The first-order valence-corrected chi connectivity index (χ1v) is 8.41. The number of hydrogen-bond acceptors (Lipinski definition) is 2. The summed E-state index contributed by atoms with van der Waals surface area (Å²) in [6, 6.07) is 37.5. The molecule has 0 aliphatic heterocycles. The minimum absolute atomic E-state index is 0. The van der Waals surface area contributed by atoms with E-state index in [1.165, 1.54) is 6.08 Å². The molecule has 4 heteroatoms. The molecule has 3 aromatic rings. The van der Waals surface area contributed by atoms with Gasteiger partial charge in [-0.3, -0.25) is 4.21 Å². The van der Waals surface area contributed by atoms with E-state index >= 15 is 0 Å². The molecule has 0 aliphatic rings. The van der Waals surface area contributed by atoms with Crippen LogP contribution in [0.4, 0.5) is 0 Å². The topological polar surface area (TPSA) is 40.1 Å². The molecule has 0 heterocycles. The molecule has 3 aromatic carbocycles. The van der Waals surface area contributed by atoms with Gasteiger partial charge in [0.05, 0.1) is 0 Å². The Kier molecular flexibility index (Phi) is 23.0. The average Bonchev–Trinajstić information content (AvgIpc) is 2.67. The van der Waals surface area contributed by atoms with Crippen molar-refractivity contribution in [2.75, 3.05) is 5.75 Å². The van der Waals surface area contributed by atoms with Gasteiger partial charge in [-0.2, -0.15) is 0 Å². The molecule has 1 unspecified atom stereocenters. The van der Waals surface area contributed by atoms with Gasteiger partial charge < -0.3 is 4.55 Å². The van der Waals surface area contributed by atoms with Crippen molar-refractivity contribution in [1.82, 2.24) is 0 Å². The molecule has 1 atom stereocenters. The minimum atomic E-state index is -1.93. The van der Waals surface area contributed by atoms with Crippen LogP contribution in [0.25, 0.3) is 0 Å². The maximum absolute atomic E-state index is 9.53. The van der Waals surface area contributed by atoms with Gasteiger partial charge in [-0.05, 0) is 18.2 Å². The Morgan fingerprint density at radius 3 is 1.04 bits per heavy atom. The van der Waals surface area contributed by atoms with Crippen molar-refractivity contribution >= 4 is 38.4 Å². The maximum Gasteiger partial charge on any atom is 0.0279 e. The molecule has 0 aliphatic carbocycles. The molecule has 2 nitrogen and oxygen atoms in total. The van der Waals surface area contributed by atoms with E-state index in [0.717, 1.165) is 0 Å². The predicted octanol–water partition coefficient (Wildman–Crippen LogP) is 4.13. The van der Waals surface area contributed by atoms with E-state index in [9.17, 15) is 8.76 Å². The van der Waals surface area contributed by atoms with Gasteiger partial charge in [0.2, 0.25) is 0 Å². The molecule has 0 saturated heterocycles. The van der Waals surface area contributed by atoms with Gasteiger partial charge in [0.25, 0.3) is 0 Å². The van der Waals surface area contributed by atoms with Gasteiger partial charge in [0, 0.05) is 33.1 Å². The van der Waals surface area contributed by atoms with Crippen molar-refractivity contribution in [2.24, 2.45) is 0 Å². The van der Waals surface area contributed by atoms with Crippen molar-refractivity contribution < 1.29 is 8.76 Å². The summed E-state index contributed by atoms with van der Waals surface area (Å²) in [6.07, 6.45) is 1.34. The second-order valence-corrected chi connectivity index (χ2v) is 4.93. The normalized spacial score (nSPS) is 9.00. The van der Waals surface area contributed by atoms with Gasteiger partial charge in [-0.1, -0.05) is 108 Å². The SMILES string of the molecule is C=CCS(=O)[O-].[Pb].[c]1ccccc1.[c]1ccccc1.[c]1ccccc1. The number of rotatable bonds is 2. The molecular weight excluding hydrogens is 523 g/mol. The second kappa shape index (κ2) is 22.4. The van der Waals surface area contributed by atoms with Gasteiger partial charge in [0.15, 0.2) is 0 Å². The Labute approximate surface area is 174 Å². The van der Waals surface area contributed by atoms with Gasteiger partial charge in [-0.25, -0.2) is 0 Å². The van der Waals surface area contributed by atoms with Crippen LogP contribution in [0.3, 0.4) is 0 Å². The zero-order chi connectivity index (χ0) is 17.7. The molecule has 0 spiro atoms. The first-order valence-electron chi connectivity index (χ1n) is 7.17. The van der Waals surface area contributed by atoms with Crippen molar-refractivity contribution in [3.05, 3.63) is 122 Å². The van der Waals surface area contributed by atoms with Crippen LogP contribution in [-0.2, 0) is 11.1 Å². The van der Waals surface area contributed by atoms with E-state index in [1.54, 1.807) is 0 Å². The Balaban J connectivity index is 0. The quantitative estimate of drug-likeness (QED) is 0.277. The largest absolute Gasteiger partial charge is 0.772 e. The van der Waals surface area contributed by atoms with Crippen LogP contribution in [0.2, 0.25) is 0 Å². The molecule has 0 N–H and O–H groups in total. The van der Waals surface area contributed by atoms with Crippen molar-refractivity contribution in [1.29, 1.82) is 0 Å². The van der Waals surface area contributed by atoms with Crippen LogP contribution < -0.4 is 0 Å². The van der Waals surface area contributed by atoms with E-state index in [1.807, 2.05) is 91.0 Å². The van der Waals surface area contributed by atoms with E-state index in [2.05, 4.69) is 24.8 Å². The molecule has 3 rings (SSSR count). The molecule has 0 saturated carbocycles. The van der Waals surface area contributed by atoms with Crippen LogP contribution in [-0.4, -0.2) is 41.8 Å². The zero-order valence-electron chi connectivity index (χ0n) is 13.9. The Hall–Kier alpha value is -1.57. The van der Waals surface area contributed by atoms with Crippen molar-refractivity contribution in [3.8, 4) is 0 Å². The monoisotopic (exact) mass is 544 g/mol. The molecule has 0 bridgehead atoms. The fourth-order valence-corrected chi connectivity index (χ4v) is 1.31. The van der Waals surface area contributed by atoms with E-state index < -0.39 is 11.1 Å². The predicted molar refractivity (Wildman–Crippen MR) is 106 cm³/mol. The Morgan fingerprint density at radius 1 is 0.720 bits per heavy atom. The van der Waals surface area contributed by atoms with Crippen molar-refractivity contribution in [2.45, 2.75) is 0 Å². The third kappa shape index (κ3) is 24.8. The van der Waals surface area contributed by atoms with Crippen LogP contribution in [0, 0.1) is 18.2 Å². The Morgan fingerprint density at radius 2 is 1.00 bits per heavy atom. The first-order chi connectivity index (χ1) is 11.8. The first kappa shape index (κ1) is 25.7. The molecule has 0 aromatic heterocycles. The van der Waals surface area contributed by atoms with Crippen LogP contribution in [0.1, 0.15) is 0 Å². The summed E-state index contributed by atoms with van der Waals surface area (Å²) in [6.45, 7) is 3.21. The molecule has 7 radical (unpaired) electrons. The fraction of sp³-hybridized carbons (Fsp3) is 0.0476. The smallest absolute Gasteiger partial charge is 0.0279 e. The molecule has 127 valence electrons. The van der Waals surface area contributed by atoms with Crippen molar-refractivity contribution in [3.63, 3.8) is 0 Å². The maximum atomic E-state index is 9.53.